The minimum atomic E-state index is 0.667. The Balaban J connectivity index is 2.10. The molecule has 10 heavy (non-hydrogen) atoms. The molecule has 1 heterocycles. The minimum absolute atomic E-state index is 0.667. The standard InChI is InChI=1S/C7H13N2P/c1-2-4-6-7(5-3-1)9-10-8-6/h4,7-10H,1-3,5H2/t7-/m1/s1. The Morgan fingerprint density at radius 3 is 3.50 bits per heavy atom. The van der Waals surface area contributed by atoms with E-state index < -0.39 is 0 Å². The van der Waals surface area contributed by atoms with E-state index in [-0.39, 0.29) is 0 Å². The largest absolute Gasteiger partial charge is 0.357 e. The van der Waals surface area contributed by atoms with Gasteiger partial charge in [0.25, 0.3) is 0 Å². The van der Waals surface area contributed by atoms with Gasteiger partial charge in [-0.15, -0.1) is 0 Å². The third-order valence-electron chi connectivity index (χ3n) is 2.14. The van der Waals surface area contributed by atoms with Crippen LogP contribution in [-0.2, 0) is 0 Å². The molecular formula is C7H13N2P. The molecule has 1 fully saturated rings. The number of allylic oxidation sites excluding steroid dienone is 1. The molecule has 0 bridgehead atoms. The topological polar surface area (TPSA) is 24.1 Å². The second kappa shape index (κ2) is 2.89. The Labute approximate surface area is 63.4 Å². The Morgan fingerprint density at radius 2 is 2.50 bits per heavy atom. The van der Waals surface area contributed by atoms with Crippen molar-refractivity contribution in [2.45, 2.75) is 31.7 Å². The van der Waals surface area contributed by atoms with Gasteiger partial charge in [-0.2, -0.15) is 0 Å². The number of fused-ring (bicyclic) bond motifs is 1. The summed E-state index contributed by atoms with van der Waals surface area (Å²) in [5.74, 6) is 0. The van der Waals surface area contributed by atoms with E-state index in [9.17, 15) is 0 Å². The van der Waals surface area contributed by atoms with Gasteiger partial charge in [0.2, 0.25) is 0 Å². The molecule has 0 amide bonds. The molecule has 0 aromatic carbocycles. The monoisotopic (exact) mass is 156 g/mol. The average molecular weight is 156 g/mol. The quantitative estimate of drug-likeness (QED) is 0.519. The maximum atomic E-state index is 3.45. The van der Waals surface area contributed by atoms with Crippen LogP contribution < -0.4 is 10.2 Å². The van der Waals surface area contributed by atoms with Crippen molar-refractivity contribution in [1.82, 2.24) is 10.2 Å². The van der Waals surface area contributed by atoms with E-state index in [0.29, 0.717) is 6.04 Å². The van der Waals surface area contributed by atoms with Gasteiger partial charge in [0.05, 0.1) is 6.04 Å². The SMILES string of the molecule is C1=C2NPN[C@@H]2CCCC1. The molecule has 2 nitrogen and oxygen atoms in total. The van der Waals surface area contributed by atoms with Gasteiger partial charge in [-0.05, 0) is 19.3 Å². The first-order valence-electron chi connectivity index (χ1n) is 3.93. The molecule has 2 atom stereocenters. The van der Waals surface area contributed by atoms with Gasteiger partial charge >= 0.3 is 0 Å². The fraction of sp³-hybridized carbons (Fsp3) is 0.714. The predicted molar refractivity (Wildman–Crippen MR) is 44.9 cm³/mol. The van der Waals surface area contributed by atoms with E-state index in [1.165, 1.54) is 31.4 Å². The molecule has 2 N–H and O–H groups in total. The predicted octanol–water partition coefficient (Wildman–Crippen LogP) is 1.51. The lowest BCUT2D eigenvalue weighted by atomic mass is 10.1. The molecule has 1 aliphatic carbocycles. The lowest BCUT2D eigenvalue weighted by molar-refractivity contribution is 0.622. The second-order valence-corrected chi connectivity index (χ2v) is 3.68. The molecule has 0 aromatic heterocycles. The highest BCUT2D eigenvalue weighted by molar-refractivity contribution is 7.33. The summed E-state index contributed by atoms with van der Waals surface area (Å²) in [6, 6.07) is 0.667. The van der Waals surface area contributed by atoms with Crippen molar-refractivity contribution in [3.63, 3.8) is 0 Å². The van der Waals surface area contributed by atoms with Crippen LogP contribution >= 0.6 is 8.88 Å². The van der Waals surface area contributed by atoms with Gasteiger partial charge in [0.15, 0.2) is 0 Å². The summed E-state index contributed by atoms with van der Waals surface area (Å²) in [6.45, 7) is 0. The minimum Gasteiger partial charge on any atom is -0.357 e. The molecule has 0 saturated carbocycles. The van der Waals surface area contributed by atoms with Crippen LogP contribution in [0.3, 0.4) is 0 Å². The van der Waals surface area contributed by atoms with Gasteiger partial charge in [-0.3, -0.25) is 5.09 Å². The van der Waals surface area contributed by atoms with E-state index in [2.05, 4.69) is 16.3 Å². The molecule has 56 valence electrons. The van der Waals surface area contributed by atoms with Gasteiger partial charge in [0.1, 0.15) is 0 Å². The summed E-state index contributed by atoms with van der Waals surface area (Å²) >= 11 is 0. The summed E-state index contributed by atoms with van der Waals surface area (Å²) < 4.78 is 0. The van der Waals surface area contributed by atoms with E-state index >= 15 is 0 Å². The highest BCUT2D eigenvalue weighted by Gasteiger charge is 2.20. The maximum Gasteiger partial charge on any atom is 0.0515 e. The van der Waals surface area contributed by atoms with Crippen molar-refractivity contribution in [2.75, 3.05) is 0 Å². The summed E-state index contributed by atoms with van der Waals surface area (Å²) in [4.78, 5) is 0. The molecule has 0 aromatic rings. The first-order valence-corrected chi connectivity index (χ1v) is 4.93. The van der Waals surface area contributed by atoms with Crippen LogP contribution in [0.15, 0.2) is 11.8 Å². The van der Waals surface area contributed by atoms with Crippen LogP contribution in [0.4, 0.5) is 0 Å². The van der Waals surface area contributed by atoms with Crippen LogP contribution in [0.25, 0.3) is 0 Å². The van der Waals surface area contributed by atoms with Gasteiger partial charge in [-0.25, -0.2) is 0 Å². The maximum absolute atomic E-state index is 3.45. The third kappa shape index (κ3) is 1.18. The lowest BCUT2D eigenvalue weighted by Gasteiger charge is -2.06. The number of hydrogen-bond donors (Lipinski definition) is 2. The fourth-order valence-electron chi connectivity index (χ4n) is 1.53. The molecule has 3 heteroatoms. The molecule has 2 rings (SSSR count). The Morgan fingerprint density at radius 1 is 1.50 bits per heavy atom. The second-order valence-electron chi connectivity index (χ2n) is 2.89. The molecule has 2 aliphatic rings. The van der Waals surface area contributed by atoms with Crippen molar-refractivity contribution in [3.8, 4) is 0 Å². The zero-order chi connectivity index (χ0) is 6.81. The van der Waals surface area contributed by atoms with Crippen molar-refractivity contribution >= 4 is 8.88 Å². The highest BCUT2D eigenvalue weighted by Crippen LogP contribution is 2.25. The summed E-state index contributed by atoms with van der Waals surface area (Å²) in [6.07, 6.45) is 7.69. The zero-order valence-electron chi connectivity index (χ0n) is 5.98. The fourth-order valence-corrected chi connectivity index (χ4v) is 2.50. The van der Waals surface area contributed by atoms with E-state index in [1.54, 1.807) is 0 Å². The third-order valence-corrected chi connectivity index (χ3v) is 3.05. The van der Waals surface area contributed by atoms with E-state index in [4.69, 9.17) is 0 Å². The molecule has 1 saturated heterocycles. The van der Waals surface area contributed by atoms with Gasteiger partial charge in [-0.1, -0.05) is 12.5 Å². The first-order chi connectivity index (χ1) is 4.97. The van der Waals surface area contributed by atoms with Crippen LogP contribution in [-0.4, -0.2) is 6.04 Å². The van der Waals surface area contributed by atoms with Crippen LogP contribution in [0.1, 0.15) is 25.7 Å². The number of nitrogens with one attached hydrogen (secondary N) is 2. The van der Waals surface area contributed by atoms with Crippen molar-refractivity contribution in [2.24, 2.45) is 0 Å². The smallest absolute Gasteiger partial charge is 0.0515 e. The zero-order valence-corrected chi connectivity index (χ0v) is 6.98. The van der Waals surface area contributed by atoms with Crippen molar-refractivity contribution < 1.29 is 0 Å². The average Bonchev–Trinajstić information content (AvgIpc) is 2.28. The van der Waals surface area contributed by atoms with E-state index in [0.717, 1.165) is 8.88 Å². The summed E-state index contributed by atoms with van der Waals surface area (Å²) in [5.41, 5.74) is 1.45. The molecule has 0 radical (unpaired) electrons. The lowest BCUT2D eigenvalue weighted by Crippen LogP contribution is -2.18. The van der Waals surface area contributed by atoms with Crippen LogP contribution in [0, 0.1) is 0 Å². The Hall–Kier alpha value is -0.0700. The summed E-state index contributed by atoms with van der Waals surface area (Å²) in [5, 5.41) is 6.82. The normalized spacial score (nSPS) is 34.4. The Bertz CT molecular complexity index is 156. The number of hydrogen-bond acceptors (Lipinski definition) is 2. The van der Waals surface area contributed by atoms with Crippen LogP contribution in [0.5, 0.6) is 0 Å². The number of rotatable bonds is 0. The highest BCUT2D eigenvalue weighted by atomic mass is 31.1. The Kier molecular flexibility index (Phi) is 1.92. The molecule has 0 spiro atoms. The summed E-state index contributed by atoms with van der Waals surface area (Å²) in [7, 11) is 0.752. The molecule has 1 aliphatic heterocycles. The van der Waals surface area contributed by atoms with Gasteiger partial charge < -0.3 is 5.09 Å². The first kappa shape index (κ1) is 6.63. The van der Waals surface area contributed by atoms with E-state index in [1.807, 2.05) is 0 Å². The van der Waals surface area contributed by atoms with Crippen LogP contribution in [0.2, 0.25) is 0 Å². The van der Waals surface area contributed by atoms with Gasteiger partial charge in [0, 0.05) is 14.6 Å². The van der Waals surface area contributed by atoms with Crippen molar-refractivity contribution in [3.05, 3.63) is 11.8 Å². The van der Waals surface area contributed by atoms with Crippen molar-refractivity contribution in [1.29, 1.82) is 0 Å². The molecular weight excluding hydrogens is 143 g/mol. The molecule has 1 unspecified atom stereocenters.